The van der Waals surface area contributed by atoms with Crippen LogP contribution < -0.4 is 9.47 Å². The van der Waals surface area contributed by atoms with Crippen LogP contribution in [0.3, 0.4) is 0 Å². The molecule has 21 heavy (non-hydrogen) atoms. The Morgan fingerprint density at radius 1 is 1.00 bits per heavy atom. The topological polar surface area (TPSA) is 38.7 Å². The number of rotatable bonds is 5. The number of aliphatic hydroxyl groups excluding tert-OH is 1. The van der Waals surface area contributed by atoms with Crippen LogP contribution in [0.25, 0.3) is 0 Å². The van der Waals surface area contributed by atoms with Crippen molar-refractivity contribution in [1.82, 2.24) is 0 Å². The highest BCUT2D eigenvalue weighted by molar-refractivity contribution is 5.38. The fourth-order valence-electron chi connectivity index (χ4n) is 2.74. The lowest BCUT2D eigenvalue weighted by Gasteiger charge is -2.14. The van der Waals surface area contributed by atoms with Gasteiger partial charge in [0.25, 0.3) is 0 Å². The van der Waals surface area contributed by atoms with Crippen molar-refractivity contribution in [2.45, 2.75) is 25.4 Å². The van der Waals surface area contributed by atoms with Crippen molar-refractivity contribution in [3.63, 3.8) is 0 Å². The van der Waals surface area contributed by atoms with Crippen molar-refractivity contribution in [1.29, 1.82) is 0 Å². The maximum atomic E-state index is 10.2. The molecular formula is C18H20O3. The molecule has 0 heterocycles. The van der Waals surface area contributed by atoms with E-state index in [1.165, 1.54) is 24.0 Å². The van der Waals surface area contributed by atoms with Crippen molar-refractivity contribution in [2.75, 3.05) is 13.7 Å². The molecule has 0 saturated carbocycles. The lowest BCUT2D eigenvalue weighted by atomic mass is 10.1. The first-order valence-corrected chi connectivity index (χ1v) is 7.33. The Kier molecular flexibility index (Phi) is 4.11. The molecule has 0 bridgehead atoms. The average molecular weight is 284 g/mol. The minimum atomic E-state index is -0.635. The quantitative estimate of drug-likeness (QED) is 0.915. The summed E-state index contributed by atoms with van der Waals surface area (Å²) in [6.07, 6.45) is 2.90. The zero-order chi connectivity index (χ0) is 14.7. The predicted molar refractivity (Wildman–Crippen MR) is 81.9 cm³/mol. The Labute approximate surface area is 125 Å². The number of aryl methyl sites for hydroxylation is 2. The first kappa shape index (κ1) is 14.0. The summed E-state index contributed by atoms with van der Waals surface area (Å²) in [5.41, 5.74) is 3.64. The first-order chi connectivity index (χ1) is 10.3. The van der Waals surface area contributed by atoms with Gasteiger partial charge in [0.05, 0.1) is 7.11 Å². The molecule has 1 atom stereocenters. The van der Waals surface area contributed by atoms with Crippen LogP contribution >= 0.6 is 0 Å². The largest absolute Gasteiger partial charge is 0.497 e. The van der Waals surface area contributed by atoms with Crippen LogP contribution in [0.2, 0.25) is 0 Å². The molecule has 1 aliphatic rings. The summed E-state index contributed by atoms with van der Waals surface area (Å²) in [6.45, 7) is 0.255. The summed E-state index contributed by atoms with van der Waals surface area (Å²) in [4.78, 5) is 0. The molecule has 3 nitrogen and oxygen atoms in total. The van der Waals surface area contributed by atoms with Gasteiger partial charge in [-0.15, -0.1) is 0 Å². The molecule has 0 fully saturated rings. The molecule has 110 valence electrons. The molecule has 1 N–H and O–H groups in total. The molecule has 1 unspecified atom stereocenters. The molecule has 0 radical (unpaired) electrons. The normalized spacial score (nSPS) is 14.6. The van der Waals surface area contributed by atoms with E-state index in [4.69, 9.17) is 9.47 Å². The molecule has 2 aromatic rings. The van der Waals surface area contributed by atoms with Crippen molar-refractivity contribution in [3.05, 3.63) is 59.2 Å². The van der Waals surface area contributed by atoms with Gasteiger partial charge in [-0.05, 0) is 60.2 Å². The number of hydrogen-bond acceptors (Lipinski definition) is 3. The van der Waals surface area contributed by atoms with Crippen LogP contribution in [-0.2, 0) is 12.8 Å². The van der Waals surface area contributed by atoms with Crippen LogP contribution in [-0.4, -0.2) is 18.8 Å². The Morgan fingerprint density at radius 3 is 2.48 bits per heavy atom. The lowest BCUT2D eigenvalue weighted by Crippen LogP contribution is -2.09. The predicted octanol–water partition coefficient (Wildman–Crippen LogP) is 3.30. The molecule has 0 saturated heterocycles. The molecule has 0 aromatic heterocycles. The monoisotopic (exact) mass is 284 g/mol. The molecule has 0 aliphatic heterocycles. The van der Waals surface area contributed by atoms with Crippen LogP contribution in [0.4, 0.5) is 0 Å². The first-order valence-electron chi connectivity index (χ1n) is 7.33. The van der Waals surface area contributed by atoms with Gasteiger partial charge in [-0.25, -0.2) is 0 Å². The van der Waals surface area contributed by atoms with E-state index in [0.717, 1.165) is 23.5 Å². The third-order valence-electron chi connectivity index (χ3n) is 3.98. The maximum Gasteiger partial charge on any atom is 0.119 e. The molecular weight excluding hydrogens is 264 g/mol. The van der Waals surface area contributed by atoms with E-state index in [1.54, 1.807) is 7.11 Å². The van der Waals surface area contributed by atoms with Gasteiger partial charge in [-0.3, -0.25) is 0 Å². The van der Waals surface area contributed by atoms with Gasteiger partial charge < -0.3 is 14.6 Å². The number of ether oxygens (including phenoxy) is 2. The fourth-order valence-corrected chi connectivity index (χ4v) is 2.74. The Bertz CT molecular complexity index is 604. The number of hydrogen-bond donors (Lipinski definition) is 1. The van der Waals surface area contributed by atoms with Crippen LogP contribution in [0.5, 0.6) is 11.5 Å². The smallest absolute Gasteiger partial charge is 0.119 e. The number of fused-ring (bicyclic) bond motifs is 1. The van der Waals surface area contributed by atoms with Crippen LogP contribution in [0, 0.1) is 0 Å². The molecule has 0 amide bonds. The number of aliphatic hydroxyl groups is 1. The Hall–Kier alpha value is -2.00. The van der Waals surface area contributed by atoms with Crippen molar-refractivity contribution in [3.8, 4) is 11.5 Å². The second-order valence-electron chi connectivity index (χ2n) is 5.38. The summed E-state index contributed by atoms with van der Waals surface area (Å²) in [5, 5.41) is 10.2. The van der Waals surface area contributed by atoms with E-state index in [-0.39, 0.29) is 6.61 Å². The van der Waals surface area contributed by atoms with E-state index in [9.17, 15) is 5.11 Å². The summed E-state index contributed by atoms with van der Waals surface area (Å²) < 4.78 is 10.8. The van der Waals surface area contributed by atoms with Gasteiger partial charge in [0.1, 0.15) is 24.2 Å². The van der Waals surface area contributed by atoms with Gasteiger partial charge in [-0.2, -0.15) is 0 Å². The van der Waals surface area contributed by atoms with Gasteiger partial charge >= 0.3 is 0 Å². The summed E-state index contributed by atoms with van der Waals surface area (Å²) in [5.74, 6) is 1.62. The summed E-state index contributed by atoms with van der Waals surface area (Å²) in [7, 11) is 1.63. The number of benzene rings is 2. The van der Waals surface area contributed by atoms with E-state index in [0.29, 0.717) is 0 Å². The molecule has 3 heteroatoms. The number of methoxy groups -OCH3 is 1. The summed E-state index contributed by atoms with van der Waals surface area (Å²) in [6, 6.07) is 13.6. The molecule has 2 aromatic carbocycles. The second-order valence-corrected chi connectivity index (χ2v) is 5.38. The third kappa shape index (κ3) is 3.19. The van der Waals surface area contributed by atoms with Gasteiger partial charge in [0, 0.05) is 0 Å². The zero-order valence-corrected chi connectivity index (χ0v) is 12.2. The van der Waals surface area contributed by atoms with Crippen LogP contribution in [0.1, 0.15) is 29.2 Å². The second kappa shape index (κ2) is 6.19. The highest BCUT2D eigenvalue weighted by Gasteiger charge is 2.13. The highest BCUT2D eigenvalue weighted by Crippen LogP contribution is 2.27. The van der Waals surface area contributed by atoms with Crippen molar-refractivity contribution >= 4 is 0 Å². The van der Waals surface area contributed by atoms with Crippen LogP contribution in [0.15, 0.2) is 42.5 Å². The molecule has 3 rings (SSSR count). The summed E-state index contributed by atoms with van der Waals surface area (Å²) >= 11 is 0. The average Bonchev–Trinajstić information content (AvgIpc) is 3.00. The van der Waals surface area contributed by atoms with E-state index in [2.05, 4.69) is 12.1 Å². The van der Waals surface area contributed by atoms with E-state index in [1.807, 2.05) is 30.3 Å². The van der Waals surface area contributed by atoms with Gasteiger partial charge in [-0.1, -0.05) is 18.2 Å². The third-order valence-corrected chi connectivity index (χ3v) is 3.98. The Balaban J connectivity index is 1.61. The lowest BCUT2D eigenvalue weighted by molar-refractivity contribution is 0.108. The van der Waals surface area contributed by atoms with Gasteiger partial charge in [0.2, 0.25) is 0 Å². The molecule has 0 spiro atoms. The van der Waals surface area contributed by atoms with Crippen molar-refractivity contribution in [2.24, 2.45) is 0 Å². The van der Waals surface area contributed by atoms with Crippen molar-refractivity contribution < 1.29 is 14.6 Å². The SMILES string of the molecule is COc1ccc(C(O)COc2ccc3c(c2)CCC3)cc1. The minimum Gasteiger partial charge on any atom is -0.497 e. The zero-order valence-electron chi connectivity index (χ0n) is 12.2. The molecule has 1 aliphatic carbocycles. The highest BCUT2D eigenvalue weighted by atomic mass is 16.5. The Morgan fingerprint density at radius 2 is 1.71 bits per heavy atom. The van der Waals surface area contributed by atoms with E-state index >= 15 is 0 Å². The maximum absolute atomic E-state index is 10.2. The van der Waals surface area contributed by atoms with E-state index < -0.39 is 6.10 Å². The van der Waals surface area contributed by atoms with Gasteiger partial charge in [0.15, 0.2) is 0 Å². The standard InChI is InChI=1S/C18H20O3/c1-20-16-8-6-14(7-9-16)18(19)12-21-17-10-5-13-3-2-4-15(13)11-17/h5-11,18-19H,2-4,12H2,1H3. The minimum absolute atomic E-state index is 0.255. The fraction of sp³-hybridized carbons (Fsp3) is 0.333.